The normalized spacial score (nSPS) is 16.7. The second kappa shape index (κ2) is 16.7. The van der Waals surface area contributed by atoms with Gasteiger partial charge in [-0.1, -0.05) is 84.9 Å². The van der Waals surface area contributed by atoms with Crippen LogP contribution in [0.5, 0.6) is 11.5 Å². The molecule has 1 aliphatic heterocycles. The minimum Gasteiger partial charge on any atom is -0.497 e. The summed E-state index contributed by atoms with van der Waals surface area (Å²) in [7, 11) is 3.23. The molecule has 49 heavy (non-hydrogen) atoms. The van der Waals surface area contributed by atoms with E-state index >= 15 is 0 Å². The van der Waals surface area contributed by atoms with Crippen molar-refractivity contribution >= 4 is 18.0 Å². The number of rotatable bonds is 15. The Kier molecular flexibility index (Phi) is 11.9. The third kappa shape index (κ3) is 8.99. The van der Waals surface area contributed by atoms with Gasteiger partial charge in [0.1, 0.15) is 30.8 Å². The van der Waals surface area contributed by atoms with E-state index in [9.17, 15) is 14.4 Å². The quantitative estimate of drug-likeness (QED) is 0.101. The molecule has 1 saturated heterocycles. The average Bonchev–Trinajstić information content (AvgIpc) is 3.13. The van der Waals surface area contributed by atoms with Gasteiger partial charge in [0, 0.05) is 6.04 Å². The molecule has 4 aromatic carbocycles. The van der Waals surface area contributed by atoms with Crippen LogP contribution in [-0.2, 0) is 49.9 Å². The van der Waals surface area contributed by atoms with Crippen LogP contribution >= 0.6 is 0 Å². The Bertz CT molecular complexity index is 1610. The highest BCUT2D eigenvalue weighted by Crippen LogP contribution is 2.40. The monoisotopic (exact) mass is 665 g/mol. The van der Waals surface area contributed by atoms with Gasteiger partial charge >= 0.3 is 12.1 Å². The predicted octanol–water partition coefficient (Wildman–Crippen LogP) is 6.81. The molecular formula is C40H43NO8. The Morgan fingerprint density at radius 3 is 1.59 bits per heavy atom. The van der Waals surface area contributed by atoms with E-state index < -0.39 is 36.1 Å². The maximum Gasteiger partial charge on any atom is 0.508 e. The third-order valence-corrected chi connectivity index (χ3v) is 8.98. The van der Waals surface area contributed by atoms with Crippen molar-refractivity contribution < 1.29 is 38.1 Å². The molecule has 0 N–H and O–H groups in total. The summed E-state index contributed by atoms with van der Waals surface area (Å²) in [6, 6.07) is 33.2. The molecule has 9 nitrogen and oxygen atoms in total. The molecular weight excluding hydrogens is 622 g/mol. The molecule has 256 valence electrons. The van der Waals surface area contributed by atoms with Gasteiger partial charge in [-0.15, -0.1) is 0 Å². The number of β-lactam (4-membered cyclic amide) rings is 1. The molecule has 0 saturated carbocycles. The number of likely N-dealkylation sites (tertiary alicyclic amines) is 1. The first-order chi connectivity index (χ1) is 23.8. The van der Waals surface area contributed by atoms with Gasteiger partial charge in [-0.05, 0) is 73.2 Å². The highest BCUT2D eigenvalue weighted by atomic mass is 16.7. The highest BCUT2D eigenvalue weighted by Gasteiger charge is 2.57. The number of carbonyl (C=O) groups is 3. The van der Waals surface area contributed by atoms with Crippen LogP contribution < -0.4 is 9.47 Å². The first-order valence-electron chi connectivity index (χ1n) is 16.4. The Labute approximate surface area is 287 Å². The summed E-state index contributed by atoms with van der Waals surface area (Å²) in [6.45, 7) is 3.58. The molecule has 5 rings (SSSR count). The number of hydrogen-bond donors (Lipinski definition) is 0. The molecule has 4 aromatic rings. The lowest BCUT2D eigenvalue weighted by atomic mass is 9.74. The molecule has 9 heteroatoms. The fourth-order valence-electron chi connectivity index (χ4n) is 6.32. The Balaban J connectivity index is 1.40. The first-order valence-corrected chi connectivity index (χ1v) is 16.4. The fraction of sp³-hybridized carbons (Fsp3) is 0.325. The Hall–Kier alpha value is -5.31. The smallest absolute Gasteiger partial charge is 0.497 e. The van der Waals surface area contributed by atoms with Crippen molar-refractivity contribution in [2.75, 3.05) is 14.2 Å². The lowest BCUT2D eigenvalue weighted by molar-refractivity contribution is -0.180. The number of amides is 1. The van der Waals surface area contributed by atoms with Gasteiger partial charge in [0.05, 0.1) is 32.1 Å². The maximum atomic E-state index is 14.2. The molecule has 0 bridgehead atoms. The predicted molar refractivity (Wildman–Crippen MR) is 184 cm³/mol. The lowest BCUT2D eigenvalue weighted by Gasteiger charge is -2.54. The van der Waals surface area contributed by atoms with E-state index in [4.69, 9.17) is 23.7 Å². The SMILES string of the molecule is COc1ccc(CC(Cc2ccc(OC)cc2)N2C(=O)[C@H]([C@@H](C)OC(=O)OCc3ccccc3)[C@H]2C(C)C(=O)OCc2ccccc2)cc1. The molecule has 1 fully saturated rings. The van der Waals surface area contributed by atoms with Gasteiger partial charge in [0.2, 0.25) is 5.91 Å². The first kappa shape index (κ1) is 35.0. The van der Waals surface area contributed by atoms with Crippen LogP contribution in [0.15, 0.2) is 109 Å². The summed E-state index contributed by atoms with van der Waals surface area (Å²) >= 11 is 0. The maximum absolute atomic E-state index is 14.2. The van der Waals surface area contributed by atoms with Crippen molar-refractivity contribution in [1.82, 2.24) is 4.90 Å². The van der Waals surface area contributed by atoms with Crippen LogP contribution in [0.3, 0.4) is 0 Å². The van der Waals surface area contributed by atoms with Crippen molar-refractivity contribution in [3.8, 4) is 11.5 Å². The van der Waals surface area contributed by atoms with Gasteiger partial charge in [0.15, 0.2) is 0 Å². The topological polar surface area (TPSA) is 101 Å². The number of esters is 1. The van der Waals surface area contributed by atoms with Gasteiger partial charge in [-0.2, -0.15) is 0 Å². The molecule has 1 amide bonds. The summed E-state index contributed by atoms with van der Waals surface area (Å²) in [6.07, 6.45) is -0.700. The average molecular weight is 666 g/mol. The van der Waals surface area contributed by atoms with E-state index in [0.29, 0.717) is 12.8 Å². The fourth-order valence-corrected chi connectivity index (χ4v) is 6.32. The molecule has 0 spiro atoms. The van der Waals surface area contributed by atoms with Crippen LogP contribution in [0, 0.1) is 11.8 Å². The van der Waals surface area contributed by atoms with E-state index in [1.165, 1.54) is 0 Å². The molecule has 1 aliphatic rings. The minimum atomic E-state index is -0.881. The molecule has 0 aliphatic carbocycles. The van der Waals surface area contributed by atoms with E-state index in [2.05, 4.69) is 0 Å². The van der Waals surface area contributed by atoms with Gasteiger partial charge in [-0.25, -0.2) is 4.79 Å². The van der Waals surface area contributed by atoms with Gasteiger partial charge in [0.25, 0.3) is 0 Å². The van der Waals surface area contributed by atoms with Crippen LogP contribution in [-0.4, -0.2) is 55.3 Å². The van der Waals surface area contributed by atoms with Crippen molar-refractivity contribution in [3.63, 3.8) is 0 Å². The molecule has 1 unspecified atom stereocenters. The number of hydrogen-bond acceptors (Lipinski definition) is 8. The number of ether oxygens (including phenoxy) is 5. The molecule has 0 aromatic heterocycles. The number of benzene rings is 4. The summed E-state index contributed by atoms with van der Waals surface area (Å²) in [5.41, 5.74) is 3.67. The summed E-state index contributed by atoms with van der Waals surface area (Å²) in [5.74, 6) is -0.683. The second-order valence-corrected chi connectivity index (χ2v) is 12.2. The Morgan fingerprint density at radius 1 is 0.653 bits per heavy atom. The summed E-state index contributed by atoms with van der Waals surface area (Å²) in [5, 5.41) is 0. The Morgan fingerprint density at radius 2 is 1.12 bits per heavy atom. The van der Waals surface area contributed by atoms with Crippen molar-refractivity contribution in [2.24, 2.45) is 11.8 Å². The summed E-state index contributed by atoms with van der Waals surface area (Å²) < 4.78 is 27.5. The zero-order chi connectivity index (χ0) is 34.8. The highest BCUT2D eigenvalue weighted by molar-refractivity contribution is 5.90. The van der Waals surface area contributed by atoms with E-state index in [1.54, 1.807) is 33.0 Å². The zero-order valence-corrected chi connectivity index (χ0v) is 28.3. The molecule has 0 radical (unpaired) electrons. The van der Waals surface area contributed by atoms with Crippen molar-refractivity contribution in [1.29, 1.82) is 0 Å². The molecule has 1 heterocycles. The van der Waals surface area contributed by atoms with Crippen LogP contribution in [0.2, 0.25) is 0 Å². The number of methoxy groups -OCH3 is 2. The van der Waals surface area contributed by atoms with Crippen LogP contribution in [0.1, 0.15) is 36.1 Å². The van der Waals surface area contributed by atoms with Gasteiger partial charge < -0.3 is 28.6 Å². The summed E-state index contributed by atoms with van der Waals surface area (Å²) in [4.78, 5) is 42.4. The third-order valence-electron chi connectivity index (χ3n) is 8.98. The standard InChI is InChI=1S/C40H43NO8/c1-27(39(43)47-25-31-11-7-5-8-12-31)37-36(28(2)49-40(44)48-26-32-13-9-6-10-14-32)38(42)41(37)33(23-29-15-19-34(45-3)20-16-29)24-30-17-21-35(46-4)22-18-30/h5-22,27-28,33,36-37H,23-26H2,1-4H3/t27?,28-,36-,37-/m1/s1. The van der Waals surface area contributed by atoms with E-state index in [-0.39, 0.29) is 25.2 Å². The van der Waals surface area contributed by atoms with Crippen molar-refractivity contribution in [2.45, 2.75) is 58.1 Å². The lowest BCUT2D eigenvalue weighted by Crippen LogP contribution is -2.71. The minimum absolute atomic E-state index is 0.0363. The van der Waals surface area contributed by atoms with E-state index in [1.807, 2.05) is 109 Å². The van der Waals surface area contributed by atoms with Crippen LogP contribution in [0.4, 0.5) is 4.79 Å². The zero-order valence-electron chi connectivity index (χ0n) is 28.3. The number of carbonyl (C=O) groups excluding carboxylic acids is 3. The van der Waals surface area contributed by atoms with Crippen LogP contribution in [0.25, 0.3) is 0 Å². The molecule has 4 atom stereocenters. The largest absolute Gasteiger partial charge is 0.508 e. The number of nitrogens with zero attached hydrogens (tertiary/aromatic N) is 1. The van der Waals surface area contributed by atoms with E-state index in [0.717, 1.165) is 33.8 Å². The van der Waals surface area contributed by atoms with Gasteiger partial charge in [-0.3, -0.25) is 9.59 Å². The van der Waals surface area contributed by atoms with Crippen molar-refractivity contribution in [3.05, 3.63) is 131 Å². The second-order valence-electron chi connectivity index (χ2n) is 12.2.